The summed E-state index contributed by atoms with van der Waals surface area (Å²) in [5, 5.41) is 3.31. The van der Waals surface area contributed by atoms with Crippen LogP contribution in [-0.2, 0) is 7.05 Å². The van der Waals surface area contributed by atoms with Crippen molar-refractivity contribution in [2.75, 3.05) is 20.1 Å². The Balaban J connectivity index is 2.03. The Morgan fingerprint density at radius 1 is 1.69 bits per heavy atom. The Kier molecular flexibility index (Phi) is 3.24. The first-order valence-electron chi connectivity index (χ1n) is 5.64. The van der Waals surface area contributed by atoms with Gasteiger partial charge in [0.05, 0.1) is 6.33 Å². The molecule has 16 heavy (non-hydrogen) atoms. The molecule has 1 atom stereocenters. The Morgan fingerprint density at radius 3 is 3.06 bits per heavy atom. The molecule has 1 aliphatic rings. The summed E-state index contributed by atoms with van der Waals surface area (Å²) in [6.45, 7) is 1.94. The second-order valence-corrected chi connectivity index (χ2v) is 4.34. The van der Waals surface area contributed by atoms with Gasteiger partial charge in [0, 0.05) is 32.9 Å². The smallest absolute Gasteiger partial charge is 0.274 e. The summed E-state index contributed by atoms with van der Waals surface area (Å²) >= 11 is 0. The lowest BCUT2D eigenvalue weighted by Gasteiger charge is -2.31. The number of imidazole rings is 1. The normalized spacial score (nSPS) is 20.8. The van der Waals surface area contributed by atoms with Gasteiger partial charge < -0.3 is 14.8 Å². The van der Waals surface area contributed by atoms with Gasteiger partial charge in [-0.2, -0.15) is 0 Å². The quantitative estimate of drug-likeness (QED) is 0.780. The van der Waals surface area contributed by atoms with E-state index in [9.17, 15) is 4.79 Å². The third-order valence-electron chi connectivity index (χ3n) is 3.06. The third kappa shape index (κ3) is 2.24. The molecule has 2 heterocycles. The number of nitrogens with zero attached hydrogens (tertiary/aromatic N) is 3. The van der Waals surface area contributed by atoms with E-state index < -0.39 is 0 Å². The first-order valence-corrected chi connectivity index (χ1v) is 5.64. The zero-order valence-corrected chi connectivity index (χ0v) is 9.81. The molecule has 1 aliphatic heterocycles. The van der Waals surface area contributed by atoms with Crippen molar-refractivity contribution in [3.8, 4) is 0 Å². The molecule has 0 saturated carbocycles. The molecule has 2 rings (SSSR count). The zero-order valence-electron chi connectivity index (χ0n) is 9.81. The largest absolute Gasteiger partial charge is 0.340 e. The minimum absolute atomic E-state index is 0.00861. The Morgan fingerprint density at radius 2 is 2.50 bits per heavy atom. The van der Waals surface area contributed by atoms with E-state index in [2.05, 4.69) is 10.3 Å². The van der Waals surface area contributed by atoms with Crippen LogP contribution in [0.25, 0.3) is 0 Å². The van der Waals surface area contributed by atoms with Crippen LogP contribution >= 0.6 is 0 Å². The molecule has 1 unspecified atom stereocenters. The molecule has 0 spiro atoms. The fourth-order valence-electron chi connectivity index (χ4n) is 2.03. The molecule has 1 aromatic rings. The molecule has 88 valence electrons. The van der Waals surface area contributed by atoms with Crippen LogP contribution in [0.2, 0.25) is 0 Å². The minimum Gasteiger partial charge on any atom is -0.340 e. The molecule has 5 nitrogen and oxygen atoms in total. The average molecular weight is 222 g/mol. The molecule has 0 aliphatic carbocycles. The molecule has 0 bridgehead atoms. The number of amides is 1. The molecule has 1 saturated heterocycles. The lowest BCUT2D eigenvalue weighted by Crippen LogP contribution is -2.46. The zero-order chi connectivity index (χ0) is 11.5. The van der Waals surface area contributed by atoms with Crippen molar-refractivity contribution < 1.29 is 4.79 Å². The van der Waals surface area contributed by atoms with Gasteiger partial charge in [-0.1, -0.05) is 0 Å². The van der Waals surface area contributed by atoms with Crippen molar-refractivity contribution >= 4 is 5.91 Å². The highest BCUT2D eigenvalue weighted by Crippen LogP contribution is 2.11. The average Bonchev–Trinajstić information content (AvgIpc) is 2.75. The van der Waals surface area contributed by atoms with E-state index in [1.807, 2.05) is 14.1 Å². The van der Waals surface area contributed by atoms with Crippen LogP contribution in [-0.4, -0.2) is 46.5 Å². The van der Waals surface area contributed by atoms with Crippen LogP contribution in [0.1, 0.15) is 23.3 Å². The fourth-order valence-corrected chi connectivity index (χ4v) is 2.03. The monoisotopic (exact) mass is 222 g/mol. The van der Waals surface area contributed by atoms with Crippen molar-refractivity contribution in [1.82, 2.24) is 19.8 Å². The van der Waals surface area contributed by atoms with Gasteiger partial charge >= 0.3 is 0 Å². The molecule has 5 heteroatoms. The summed E-state index contributed by atoms with van der Waals surface area (Å²) in [6, 6.07) is 0.295. The molecule has 1 fully saturated rings. The van der Waals surface area contributed by atoms with Crippen LogP contribution in [0, 0.1) is 0 Å². The summed E-state index contributed by atoms with van der Waals surface area (Å²) in [5.41, 5.74) is 0.524. The van der Waals surface area contributed by atoms with E-state index in [0.29, 0.717) is 11.7 Å². The van der Waals surface area contributed by atoms with Crippen LogP contribution < -0.4 is 5.32 Å². The van der Waals surface area contributed by atoms with Crippen molar-refractivity contribution in [3.63, 3.8) is 0 Å². The molecule has 1 amide bonds. The lowest BCUT2D eigenvalue weighted by atomic mass is 10.1. The van der Waals surface area contributed by atoms with Crippen molar-refractivity contribution in [2.45, 2.75) is 18.9 Å². The van der Waals surface area contributed by atoms with Crippen LogP contribution in [0.15, 0.2) is 12.5 Å². The number of hydrogen-bond acceptors (Lipinski definition) is 3. The van der Waals surface area contributed by atoms with Gasteiger partial charge in [0.1, 0.15) is 5.69 Å². The summed E-state index contributed by atoms with van der Waals surface area (Å²) in [4.78, 5) is 18.0. The summed E-state index contributed by atoms with van der Waals surface area (Å²) in [6.07, 6.45) is 5.61. The van der Waals surface area contributed by atoms with Gasteiger partial charge in [0.2, 0.25) is 0 Å². The van der Waals surface area contributed by atoms with E-state index >= 15 is 0 Å². The number of aryl methyl sites for hydroxylation is 1. The number of rotatable bonds is 2. The van der Waals surface area contributed by atoms with E-state index in [1.165, 1.54) is 0 Å². The Hall–Kier alpha value is -1.36. The predicted octanol–water partition coefficient (Wildman–Crippen LogP) is 0.244. The second-order valence-electron chi connectivity index (χ2n) is 4.34. The number of carbonyl (C=O) groups excluding carboxylic acids is 1. The second kappa shape index (κ2) is 4.65. The predicted molar refractivity (Wildman–Crippen MR) is 61.2 cm³/mol. The molecule has 0 radical (unpaired) electrons. The number of aromatic nitrogens is 2. The Bertz CT molecular complexity index is 368. The first-order chi connectivity index (χ1) is 7.68. The van der Waals surface area contributed by atoms with Gasteiger partial charge in [-0.3, -0.25) is 4.79 Å². The van der Waals surface area contributed by atoms with E-state index in [4.69, 9.17) is 0 Å². The molecule has 1 N–H and O–H groups in total. The number of hydrogen-bond donors (Lipinski definition) is 1. The first kappa shape index (κ1) is 11.1. The highest BCUT2D eigenvalue weighted by molar-refractivity contribution is 5.92. The minimum atomic E-state index is 0.00861. The number of likely N-dealkylation sites (N-methyl/N-ethyl adjacent to an activating group) is 1. The van der Waals surface area contributed by atoms with Gasteiger partial charge in [-0.05, 0) is 19.4 Å². The lowest BCUT2D eigenvalue weighted by molar-refractivity contribution is 0.0703. The van der Waals surface area contributed by atoms with Gasteiger partial charge in [-0.15, -0.1) is 0 Å². The molecule has 0 aromatic carbocycles. The van der Waals surface area contributed by atoms with Gasteiger partial charge in [0.15, 0.2) is 0 Å². The van der Waals surface area contributed by atoms with Crippen LogP contribution in [0.4, 0.5) is 0 Å². The topological polar surface area (TPSA) is 50.2 Å². The summed E-state index contributed by atoms with van der Waals surface area (Å²) in [5.74, 6) is 0.00861. The van der Waals surface area contributed by atoms with Crippen molar-refractivity contribution in [2.24, 2.45) is 7.05 Å². The SMILES string of the molecule is CN(C(=O)c1cn(C)cn1)C1CCCNC1. The van der Waals surface area contributed by atoms with Crippen LogP contribution in [0.3, 0.4) is 0 Å². The maximum atomic E-state index is 12.1. The number of carbonyl (C=O) groups is 1. The van der Waals surface area contributed by atoms with E-state index in [-0.39, 0.29) is 5.91 Å². The van der Waals surface area contributed by atoms with E-state index in [1.54, 1.807) is 22.0 Å². The summed E-state index contributed by atoms with van der Waals surface area (Å²) < 4.78 is 1.79. The van der Waals surface area contributed by atoms with Crippen LogP contribution in [0.5, 0.6) is 0 Å². The fraction of sp³-hybridized carbons (Fsp3) is 0.636. The summed E-state index contributed by atoms with van der Waals surface area (Å²) in [7, 11) is 3.72. The van der Waals surface area contributed by atoms with Gasteiger partial charge in [0.25, 0.3) is 5.91 Å². The number of nitrogens with one attached hydrogen (secondary N) is 1. The Labute approximate surface area is 95.5 Å². The van der Waals surface area contributed by atoms with Crippen molar-refractivity contribution in [1.29, 1.82) is 0 Å². The maximum absolute atomic E-state index is 12.1. The highest BCUT2D eigenvalue weighted by Gasteiger charge is 2.23. The molecular weight excluding hydrogens is 204 g/mol. The van der Waals surface area contributed by atoms with E-state index in [0.717, 1.165) is 25.9 Å². The highest BCUT2D eigenvalue weighted by atomic mass is 16.2. The van der Waals surface area contributed by atoms with Gasteiger partial charge in [-0.25, -0.2) is 4.98 Å². The standard InChI is InChI=1S/C11H18N4O/c1-14-7-10(13-8-14)11(16)15(2)9-4-3-5-12-6-9/h7-9,12H,3-6H2,1-2H3. The molecule has 1 aromatic heterocycles. The number of piperidine rings is 1. The van der Waals surface area contributed by atoms with Crippen molar-refractivity contribution in [3.05, 3.63) is 18.2 Å². The molecular formula is C11H18N4O. The maximum Gasteiger partial charge on any atom is 0.274 e. The third-order valence-corrected chi connectivity index (χ3v) is 3.06.